The maximum Gasteiger partial charge on any atom is 0.192 e. The first-order valence-electron chi connectivity index (χ1n) is 4.44. The second-order valence-corrected chi connectivity index (χ2v) is 4.76. The molecule has 3 nitrogen and oxygen atoms in total. The summed E-state index contributed by atoms with van der Waals surface area (Å²) in [5.41, 5.74) is -0.653. The average Bonchev–Trinajstić information content (AvgIpc) is 2.30. The molecule has 0 spiro atoms. The third kappa shape index (κ3) is 4.72. The molecule has 1 aromatic carbocycles. The van der Waals surface area contributed by atoms with Crippen LogP contribution < -0.4 is 4.74 Å². The van der Waals surface area contributed by atoms with E-state index in [0.29, 0.717) is 16.3 Å². The summed E-state index contributed by atoms with van der Waals surface area (Å²) < 4.78 is 5.42. The fourth-order valence-electron chi connectivity index (χ4n) is 1.05. The molecule has 0 heterocycles. The van der Waals surface area contributed by atoms with Gasteiger partial charge in [0.25, 0.3) is 0 Å². The van der Waals surface area contributed by atoms with Gasteiger partial charge in [0.15, 0.2) is 5.50 Å². The van der Waals surface area contributed by atoms with Gasteiger partial charge in [-0.3, -0.25) is 0 Å². The monoisotopic (exact) mass is 313 g/mol. The molecule has 1 atom stereocenters. The number of rotatable bonds is 5. The lowest BCUT2D eigenvalue weighted by atomic mass is 10.2. The number of benzene rings is 1. The summed E-state index contributed by atoms with van der Waals surface area (Å²) in [4.78, 5) is 10.3. The van der Waals surface area contributed by atoms with Crippen LogP contribution >= 0.6 is 46.4 Å². The fourth-order valence-corrected chi connectivity index (χ4v) is 1.64. The van der Waals surface area contributed by atoms with E-state index in [0.717, 1.165) is 0 Å². The Balaban J connectivity index is 2.81. The van der Waals surface area contributed by atoms with E-state index in [-0.39, 0.29) is 11.1 Å². The van der Waals surface area contributed by atoms with Crippen LogP contribution in [0.1, 0.15) is 11.1 Å². The van der Waals surface area contributed by atoms with E-state index in [2.05, 4.69) is 5.18 Å². The van der Waals surface area contributed by atoms with Crippen molar-refractivity contribution in [1.29, 1.82) is 0 Å². The third-order valence-electron chi connectivity index (χ3n) is 1.80. The molecule has 0 saturated carbocycles. The van der Waals surface area contributed by atoms with E-state index < -0.39 is 5.50 Å². The first-order valence-corrected chi connectivity index (χ1v) is 6.01. The Morgan fingerprint density at radius 3 is 2.76 bits per heavy atom. The number of hydrogen-bond donors (Lipinski definition) is 0. The normalized spacial score (nSPS) is 11.8. The molecule has 0 amide bonds. The molecular formula is C10H7Cl4NO2. The summed E-state index contributed by atoms with van der Waals surface area (Å²) >= 11 is 22.4. The molecule has 0 aliphatic rings. The van der Waals surface area contributed by atoms with Crippen molar-refractivity contribution < 1.29 is 4.74 Å². The molecule has 1 aromatic rings. The van der Waals surface area contributed by atoms with E-state index in [1.54, 1.807) is 12.1 Å². The number of halogens is 4. The molecule has 1 rings (SSSR count). The summed E-state index contributed by atoms with van der Waals surface area (Å²) in [5.74, 6) is 0.490. The summed E-state index contributed by atoms with van der Waals surface area (Å²) in [5, 5.41) is 3.04. The largest absolute Gasteiger partial charge is 0.489 e. The van der Waals surface area contributed by atoms with Crippen molar-refractivity contribution in [2.45, 2.75) is 5.50 Å². The topological polar surface area (TPSA) is 38.7 Å². The Hall–Kier alpha value is -0.480. The van der Waals surface area contributed by atoms with Gasteiger partial charge in [-0.2, -0.15) is 0 Å². The molecule has 7 heteroatoms. The minimum atomic E-state index is -1.04. The fraction of sp³-hybridized carbons (Fsp3) is 0.200. The van der Waals surface area contributed by atoms with Gasteiger partial charge in [-0.15, -0.1) is 4.91 Å². The van der Waals surface area contributed by atoms with E-state index in [1.165, 1.54) is 12.1 Å². The van der Waals surface area contributed by atoms with Crippen molar-refractivity contribution in [3.05, 3.63) is 44.3 Å². The van der Waals surface area contributed by atoms with Crippen LogP contribution in [0.25, 0.3) is 0 Å². The van der Waals surface area contributed by atoms with Crippen molar-refractivity contribution in [3.63, 3.8) is 0 Å². The van der Waals surface area contributed by atoms with Gasteiger partial charge in [0.1, 0.15) is 16.8 Å². The molecule has 0 radical (unpaired) electrons. The number of hydrogen-bond acceptors (Lipinski definition) is 3. The highest BCUT2D eigenvalue weighted by Gasteiger charge is 2.12. The summed E-state index contributed by atoms with van der Waals surface area (Å²) in [6.45, 7) is 0.199. The van der Waals surface area contributed by atoms with Crippen LogP contribution in [0.5, 0.6) is 5.75 Å². The Morgan fingerprint density at radius 2 is 2.18 bits per heavy atom. The molecule has 0 bridgehead atoms. The Kier molecular flexibility index (Phi) is 6.06. The highest BCUT2D eigenvalue weighted by molar-refractivity contribution is 6.55. The van der Waals surface area contributed by atoms with Crippen LogP contribution in [0.4, 0.5) is 0 Å². The lowest BCUT2D eigenvalue weighted by Crippen LogP contribution is -1.95. The molecule has 0 N–H and O–H groups in total. The maximum atomic E-state index is 10.3. The zero-order chi connectivity index (χ0) is 12.8. The Bertz CT molecular complexity index is 432. The van der Waals surface area contributed by atoms with Crippen LogP contribution in [0.2, 0.25) is 5.02 Å². The van der Waals surface area contributed by atoms with Crippen LogP contribution in [-0.4, -0.2) is 6.61 Å². The van der Waals surface area contributed by atoms with Crippen molar-refractivity contribution in [3.8, 4) is 5.75 Å². The summed E-state index contributed by atoms with van der Waals surface area (Å²) in [6, 6.07) is 4.74. The third-order valence-corrected chi connectivity index (χ3v) is 2.77. The molecule has 92 valence electrons. The first-order chi connectivity index (χ1) is 8.04. The zero-order valence-corrected chi connectivity index (χ0v) is 11.4. The van der Waals surface area contributed by atoms with Crippen LogP contribution in [0, 0.1) is 4.91 Å². The van der Waals surface area contributed by atoms with Gasteiger partial charge in [0.05, 0.1) is 0 Å². The molecule has 0 saturated heterocycles. The highest BCUT2D eigenvalue weighted by Crippen LogP contribution is 2.31. The van der Waals surface area contributed by atoms with Crippen molar-refractivity contribution in [2.24, 2.45) is 5.18 Å². The molecule has 0 aliphatic carbocycles. The summed E-state index contributed by atoms with van der Waals surface area (Å²) in [6.07, 6.45) is 1.48. The van der Waals surface area contributed by atoms with Gasteiger partial charge in [-0.1, -0.05) is 46.4 Å². The van der Waals surface area contributed by atoms with Gasteiger partial charge in [0, 0.05) is 10.6 Å². The zero-order valence-electron chi connectivity index (χ0n) is 8.37. The van der Waals surface area contributed by atoms with Crippen molar-refractivity contribution >= 4 is 46.4 Å². The number of ether oxygens (including phenoxy) is 1. The molecule has 0 aromatic heterocycles. The Morgan fingerprint density at radius 1 is 1.47 bits per heavy atom. The van der Waals surface area contributed by atoms with E-state index in [9.17, 15) is 4.91 Å². The van der Waals surface area contributed by atoms with Gasteiger partial charge in [-0.05, 0) is 29.5 Å². The quantitative estimate of drug-likeness (QED) is 0.434. The standard InChI is InChI=1S/C10H7Cl4NO2/c11-8-2-1-6(17-4-3-9(12)13)5-7(8)10(14)15-16/h1-3,5,10H,4H2. The van der Waals surface area contributed by atoms with Crippen LogP contribution in [0.15, 0.2) is 33.9 Å². The lowest BCUT2D eigenvalue weighted by molar-refractivity contribution is 0.362. The number of nitroso groups, excluding NO2 is 1. The van der Waals surface area contributed by atoms with Gasteiger partial charge < -0.3 is 4.74 Å². The highest BCUT2D eigenvalue weighted by atomic mass is 35.5. The minimum Gasteiger partial charge on any atom is -0.489 e. The molecule has 0 aliphatic heterocycles. The smallest absolute Gasteiger partial charge is 0.192 e. The van der Waals surface area contributed by atoms with Crippen molar-refractivity contribution in [1.82, 2.24) is 0 Å². The first kappa shape index (κ1) is 14.6. The maximum absolute atomic E-state index is 10.3. The van der Waals surface area contributed by atoms with Crippen LogP contribution in [0.3, 0.4) is 0 Å². The minimum absolute atomic E-state index is 0.115. The summed E-state index contributed by atoms with van der Waals surface area (Å²) in [7, 11) is 0. The van der Waals surface area contributed by atoms with Crippen molar-refractivity contribution in [2.75, 3.05) is 6.61 Å². The van der Waals surface area contributed by atoms with Gasteiger partial charge >= 0.3 is 0 Å². The molecule has 17 heavy (non-hydrogen) atoms. The average molecular weight is 315 g/mol. The van der Waals surface area contributed by atoms with Gasteiger partial charge in [0.2, 0.25) is 0 Å². The predicted molar refractivity (Wildman–Crippen MR) is 71.1 cm³/mol. The molecular weight excluding hydrogens is 308 g/mol. The molecule has 1 unspecified atom stereocenters. The van der Waals surface area contributed by atoms with E-state index in [1.807, 2.05) is 0 Å². The van der Waals surface area contributed by atoms with E-state index in [4.69, 9.17) is 51.1 Å². The number of alkyl halides is 1. The van der Waals surface area contributed by atoms with Gasteiger partial charge in [-0.25, -0.2) is 0 Å². The second-order valence-electron chi connectivity index (χ2n) is 2.93. The Labute approximate surface area is 118 Å². The lowest BCUT2D eigenvalue weighted by Gasteiger charge is -2.08. The molecule has 0 fully saturated rings. The SMILES string of the molecule is O=NC(Cl)c1cc(OCC=C(Cl)Cl)ccc1Cl. The van der Waals surface area contributed by atoms with E-state index >= 15 is 0 Å². The number of nitrogens with zero attached hydrogens (tertiary/aromatic N) is 1. The second kappa shape index (κ2) is 7.07. The predicted octanol–water partition coefficient (Wildman–Crippen LogP) is 5.04. The van der Waals surface area contributed by atoms with Crippen LogP contribution in [-0.2, 0) is 0 Å².